The highest BCUT2D eigenvalue weighted by molar-refractivity contribution is 6.04. The van der Waals surface area contributed by atoms with Crippen LogP contribution in [0.2, 0.25) is 0 Å². The maximum atomic E-state index is 6.05. The number of nitrogens with zero attached hydrogens (tertiary/aromatic N) is 5. The molecule has 0 spiro atoms. The van der Waals surface area contributed by atoms with Crippen molar-refractivity contribution in [1.29, 1.82) is 0 Å². The number of terminal acetylenes is 1. The third kappa shape index (κ3) is 4.14. The Kier molecular flexibility index (Phi) is 5.96. The SMILES string of the molecule is [B]N1CCC[C@H](n2nc(-c3ccc(OC(/C=C\C#C)=C/C)cc3)c3cncnc32)C1. The fourth-order valence-electron chi connectivity index (χ4n) is 3.67. The van der Waals surface area contributed by atoms with E-state index >= 15 is 0 Å². The van der Waals surface area contributed by atoms with Crippen LogP contribution in [0, 0.1) is 12.3 Å². The number of hydrogen-bond acceptors (Lipinski definition) is 5. The van der Waals surface area contributed by atoms with Crippen molar-refractivity contribution in [2.75, 3.05) is 13.1 Å². The summed E-state index contributed by atoms with van der Waals surface area (Å²) in [5, 5.41) is 5.83. The van der Waals surface area contributed by atoms with Gasteiger partial charge in [-0.2, -0.15) is 5.10 Å². The normalized spacial score (nSPS) is 18.0. The summed E-state index contributed by atoms with van der Waals surface area (Å²) in [4.78, 5) is 10.6. The third-order valence-electron chi connectivity index (χ3n) is 5.14. The molecule has 1 fully saturated rings. The first-order valence-electron chi connectivity index (χ1n) is 9.94. The van der Waals surface area contributed by atoms with Crippen molar-refractivity contribution in [2.24, 2.45) is 0 Å². The quantitative estimate of drug-likeness (QED) is 0.286. The maximum Gasteiger partial charge on any atom is 0.182 e. The summed E-state index contributed by atoms with van der Waals surface area (Å²) in [7, 11) is 6.05. The summed E-state index contributed by atoms with van der Waals surface area (Å²) >= 11 is 0. The minimum atomic E-state index is 0.192. The zero-order chi connectivity index (χ0) is 20.9. The highest BCUT2D eigenvalue weighted by Crippen LogP contribution is 2.31. The van der Waals surface area contributed by atoms with Gasteiger partial charge in [-0.25, -0.2) is 14.6 Å². The minimum absolute atomic E-state index is 0.192. The number of piperidine rings is 1. The second-order valence-electron chi connectivity index (χ2n) is 7.16. The van der Waals surface area contributed by atoms with Crippen molar-refractivity contribution in [1.82, 2.24) is 24.6 Å². The molecule has 0 aliphatic carbocycles. The van der Waals surface area contributed by atoms with Crippen molar-refractivity contribution in [3.05, 3.63) is 60.8 Å². The molecular formula is C23H22BN5O. The van der Waals surface area contributed by atoms with Gasteiger partial charge in [0.2, 0.25) is 0 Å². The molecule has 0 N–H and O–H groups in total. The van der Waals surface area contributed by atoms with Crippen LogP contribution < -0.4 is 4.74 Å². The van der Waals surface area contributed by atoms with Crippen LogP contribution in [0.4, 0.5) is 0 Å². The molecule has 0 unspecified atom stereocenters. The molecule has 2 aromatic heterocycles. The van der Waals surface area contributed by atoms with E-state index in [9.17, 15) is 0 Å². The Hall–Kier alpha value is -3.37. The molecule has 1 atom stereocenters. The number of aromatic nitrogens is 4. The van der Waals surface area contributed by atoms with E-state index in [0.29, 0.717) is 5.76 Å². The molecule has 4 rings (SSSR count). The first-order valence-corrected chi connectivity index (χ1v) is 9.94. The fraction of sp³-hybridized carbons (Fsp3) is 0.261. The van der Waals surface area contributed by atoms with Crippen molar-refractivity contribution in [2.45, 2.75) is 25.8 Å². The molecule has 6 nitrogen and oxygen atoms in total. The summed E-state index contributed by atoms with van der Waals surface area (Å²) in [5.41, 5.74) is 2.66. The number of ether oxygens (including phenoxy) is 1. The number of rotatable bonds is 5. The van der Waals surface area contributed by atoms with Crippen LogP contribution in [0.5, 0.6) is 5.75 Å². The van der Waals surface area contributed by atoms with E-state index in [4.69, 9.17) is 24.2 Å². The third-order valence-corrected chi connectivity index (χ3v) is 5.14. The summed E-state index contributed by atoms with van der Waals surface area (Å²) in [6, 6.07) is 8.00. The smallest absolute Gasteiger partial charge is 0.182 e. The van der Waals surface area contributed by atoms with Crippen molar-refractivity contribution < 1.29 is 4.74 Å². The molecule has 1 aliphatic rings. The highest BCUT2D eigenvalue weighted by atomic mass is 16.5. The van der Waals surface area contributed by atoms with E-state index in [0.717, 1.165) is 54.0 Å². The molecule has 7 heteroatoms. The van der Waals surface area contributed by atoms with Crippen LogP contribution in [0.15, 0.2) is 60.8 Å². The van der Waals surface area contributed by atoms with Crippen LogP contribution in [0.1, 0.15) is 25.8 Å². The fourth-order valence-corrected chi connectivity index (χ4v) is 3.67. The van der Waals surface area contributed by atoms with Gasteiger partial charge >= 0.3 is 0 Å². The number of hydrogen-bond donors (Lipinski definition) is 0. The van der Waals surface area contributed by atoms with E-state index in [1.54, 1.807) is 18.5 Å². The van der Waals surface area contributed by atoms with Gasteiger partial charge in [-0.3, -0.25) is 0 Å². The molecule has 0 amide bonds. The van der Waals surface area contributed by atoms with Crippen molar-refractivity contribution in [3.63, 3.8) is 0 Å². The second kappa shape index (κ2) is 8.97. The van der Waals surface area contributed by atoms with Crippen LogP contribution in [0.25, 0.3) is 22.3 Å². The summed E-state index contributed by atoms with van der Waals surface area (Å²) in [6.45, 7) is 3.56. The minimum Gasteiger partial charge on any atom is -0.458 e. The lowest BCUT2D eigenvalue weighted by Gasteiger charge is -2.30. The lowest BCUT2D eigenvalue weighted by atomic mass is 10.0. The Balaban J connectivity index is 1.65. The monoisotopic (exact) mass is 395 g/mol. The van der Waals surface area contributed by atoms with Crippen LogP contribution in [0.3, 0.4) is 0 Å². The van der Waals surface area contributed by atoms with Gasteiger partial charge in [-0.15, -0.1) is 6.42 Å². The Morgan fingerprint density at radius 3 is 2.90 bits per heavy atom. The number of allylic oxidation sites excluding steroid dienone is 3. The molecule has 30 heavy (non-hydrogen) atoms. The predicted molar refractivity (Wildman–Crippen MR) is 119 cm³/mol. The zero-order valence-corrected chi connectivity index (χ0v) is 16.9. The van der Waals surface area contributed by atoms with E-state index in [1.807, 2.05) is 53.0 Å². The van der Waals surface area contributed by atoms with E-state index in [-0.39, 0.29) is 6.04 Å². The van der Waals surface area contributed by atoms with Gasteiger partial charge < -0.3 is 9.55 Å². The Labute approximate surface area is 177 Å². The molecule has 1 aromatic carbocycles. The Morgan fingerprint density at radius 2 is 2.17 bits per heavy atom. The average molecular weight is 395 g/mol. The number of fused-ring (bicyclic) bond motifs is 1. The first-order chi connectivity index (χ1) is 14.7. The second-order valence-corrected chi connectivity index (χ2v) is 7.16. The van der Waals surface area contributed by atoms with Crippen molar-refractivity contribution >= 4 is 19.0 Å². The lowest BCUT2D eigenvalue weighted by molar-refractivity contribution is 0.265. The summed E-state index contributed by atoms with van der Waals surface area (Å²) < 4.78 is 7.86. The van der Waals surface area contributed by atoms with Gasteiger partial charge in [-0.1, -0.05) is 5.92 Å². The molecule has 0 bridgehead atoms. The molecule has 1 aliphatic heterocycles. The van der Waals surface area contributed by atoms with Gasteiger partial charge in [0.05, 0.1) is 11.4 Å². The molecular weight excluding hydrogens is 373 g/mol. The summed E-state index contributed by atoms with van der Waals surface area (Å²) in [5.74, 6) is 3.87. The molecule has 148 valence electrons. The topological polar surface area (TPSA) is 56.1 Å². The van der Waals surface area contributed by atoms with Crippen LogP contribution >= 0.6 is 0 Å². The van der Waals surface area contributed by atoms with Crippen LogP contribution in [-0.2, 0) is 0 Å². The van der Waals surface area contributed by atoms with Gasteiger partial charge in [0.15, 0.2) is 13.6 Å². The Bertz CT molecular complexity index is 1130. The number of benzene rings is 1. The van der Waals surface area contributed by atoms with Crippen LogP contribution in [-0.4, -0.2) is 45.6 Å². The molecule has 1 saturated heterocycles. The zero-order valence-electron chi connectivity index (χ0n) is 16.9. The van der Waals surface area contributed by atoms with E-state index in [1.165, 1.54) is 0 Å². The first kappa shape index (κ1) is 19.9. The van der Waals surface area contributed by atoms with E-state index in [2.05, 4.69) is 15.9 Å². The standard InChI is InChI=1S/C23H22BN5O/c1-3-5-8-19(4-2)30-20-11-9-17(10-12-20)22-21-14-25-16-26-23(21)29(27-22)18-7-6-13-28(24)15-18/h1,4-5,8-12,14,16,18H,6-7,13,15H2,2H3/b8-5-,19-4+/t18-/m0/s1. The summed E-state index contributed by atoms with van der Waals surface area (Å²) in [6.07, 6.45) is 15.9. The molecule has 3 heterocycles. The van der Waals surface area contributed by atoms with Gasteiger partial charge in [-0.05, 0) is 68.8 Å². The lowest BCUT2D eigenvalue weighted by Crippen LogP contribution is -2.35. The van der Waals surface area contributed by atoms with Gasteiger partial charge in [0, 0.05) is 18.3 Å². The molecule has 2 radical (unpaired) electrons. The molecule has 3 aromatic rings. The predicted octanol–water partition coefficient (Wildman–Crippen LogP) is 3.69. The molecule has 0 saturated carbocycles. The Morgan fingerprint density at radius 1 is 1.33 bits per heavy atom. The van der Waals surface area contributed by atoms with E-state index < -0.39 is 0 Å². The average Bonchev–Trinajstić information content (AvgIpc) is 3.17. The largest absolute Gasteiger partial charge is 0.458 e. The maximum absolute atomic E-state index is 6.05. The van der Waals surface area contributed by atoms with Crippen molar-refractivity contribution in [3.8, 4) is 29.4 Å². The highest BCUT2D eigenvalue weighted by Gasteiger charge is 2.23. The van der Waals surface area contributed by atoms with Gasteiger partial charge in [0.1, 0.15) is 23.5 Å². The van der Waals surface area contributed by atoms with Gasteiger partial charge in [0.25, 0.3) is 0 Å².